The number of fused-ring (bicyclic) bond motifs is 1. The van der Waals surface area contributed by atoms with Crippen LogP contribution in [0.1, 0.15) is 39.5 Å². The van der Waals surface area contributed by atoms with E-state index in [1.165, 1.54) is 0 Å². The molecular formula is C21H20N6O2S2. The number of anilines is 1. The highest BCUT2D eigenvalue weighted by Gasteiger charge is 2.21. The minimum atomic E-state index is -0.258. The van der Waals surface area contributed by atoms with Crippen LogP contribution in [0.15, 0.2) is 38.4 Å². The largest absolute Gasteiger partial charge is 0.451 e. The van der Waals surface area contributed by atoms with Crippen molar-refractivity contribution < 1.29 is 9.21 Å². The number of carbonyl (C=O) groups excluding carboxylic acids is 1. The summed E-state index contributed by atoms with van der Waals surface area (Å²) >= 11 is 3.18. The number of carbonyl (C=O) groups is 1. The molecule has 0 aliphatic rings. The van der Waals surface area contributed by atoms with Crippen molar-refractivity contribution >= 4 is 45.8 Å². The zero-order chi connectivity index (χ0) is 21.8. The van der Waals surface area contributed by atoms with Gasteiger partial charge in [0.1, 0.15) is 21.6 Å². The van der Waals surface area contributed by atoms with Crippen LogP contribution in [0.5, 0.6) is 0 Å². The molecule has 1 amide bonds. The van der Waals surface area contributed by atoms with Crippen molar-refractivity contribution in [2.45, 2.75) is 29.9 Å². The van der Waals surface area contributed by atoms with Gasteiger partial charge in [0.05, 0.1) is 5.69 Å². The van der Waals surface area contributed by atoms with E-state index in [0.717, 1.165) is 21.0 Å². The molecule has 158 valence electrons. The Labute approximate surface area is 186 Å². The summed E-state index contributed by atoms with van der Waals surface area (Å²) in [5.41, 5.74) is 9.22. The Morgan fingerprint density at radius 3 is 3.03 bits per heavy atom. The lowest BCUT2D eigenvalue weighted by Gasteiger charge is -2.05. The van der Waals surface area contributed by atoms with E-state index in [1.54, 1.807) is 23.1 Å². The van der Waals surface area contributed by atoms with E-state index in [2.05, 4.69) is 20.5 Å². The predicted octanol–water partition coefficient (Wildman–Crippen LogP) is 4.03. The van der Waals surface area contributed by atoms with Gasteiger partial charge in [0, 0.05) is 34.3 Å². The molecule has 0 saturated carbocycles. The minimum Gasteiger partial charge on any atom is -0.451 e. The van der Waals surface area contributed by atoms with Crippen LogP contribution < -0.4 is 11.1 Å². The Kier molecular flexibility index (Phi) is 6.25. The van der Waals surface area contributed by atoms with E-state index in [4.69, 9.17) is 15.4 Å². The van der Waals surface area contributed by atoms with Crippen LogP contribution in [0, 0.1) is 18.3 Å². The number of H-pyrrole nitrogens is 1. The summed E-state index contributed by atoms with van der Waals surface area (Å²) in [7, 11) is 0. The molecule has 0 atom stereocenters. The molecular weight excluding hydrogens is 432 g/mol. The second-order valence-electron chi connectivity index (χ2n) is 6.88. The molecule has 8 nitrogen and oxygen atoms in total. The predicted molar refractivity (Wildman–Crippen MR) is 121 cm³/mol. The number of rotatable bonds is 8. The molecule has 0 bridgehead atoms. The number of hydrogen-bond donors (Lipinski definition) is 3. The fourth-order valence-corrected chi connectivity index (χ4v) is 5.08. The maximum absolute atomic E-state index is 12.9. The third-order valence-electron chi connectivity index (χ3n) is 4.71. The van der Waals surface area contributed by atoms with Gasteiger partial charge in [0.25, 0.3) is 5.91 Å². The lowest BCUT2D eigenvalue weighted by Crippen LogP contribution is -2.25. The van der Waals surface area contributed by atoms with E-state index >= 15 is 0 Å². The fourth-order valence-electron chi connectivity index (χ4n) is 3.21. The Hall–Kier alpha value is -3.29. The molecule has 0 radical (unpaired) electrons. The lowest BCUT2D eigenvalue weighted by atomic mass is 10.1. The van der Waals surface area contributed by atoms with Crippen LogP contribution in [0.3, 0.4) is 0 Å². The topological polar surface area (TPSA) is 134 Å². The van der Waals surface area contributed by atoms with Crippen LogP contribution in [0.2, 0.25) is 0 Å². The molecule has 0 saturated heterocycles. The summed E-state index contributed by atoms with van der Waals surface area (Å²) in [5, 5.41) is 21.6. The standard InChI is InChI=1S/C21H20N6O2S2/c1-12-10-30-21(25-12)31-11-15-13-5-2-3-7-17(13)29-18(15)20(28)24-8-4-6-16-14(9-22)19(23)27-26-16/h2-3,5,7,10H,4,6,8,11H2,1H3,(H,24,28)(H3,23,26,27). The zero-order valence-electron chi connectivity index (χ0n) is 16.8. The number of nitrogen functional groups attached to an aromatic ring is 1. The number of aromatic amines is 1. The summed E-state index contributed by atoms with van der Waals surface area (Å²) in [4.78, 5) is 17.3. The molecule has 0 aliphatic carbocycles. The SMILES string of the molecule is Cc1csc(SCc2c(C(=O)NCCCc3[nH]nc(N)c3C#N)oc3ccccc23)n1. The number of nitriles is 1. The quantitative estimate of drug-likeness (QED) is 0.271. The lowest BCUT2D eigenvalue weighted by molar-refractivity contribution is 0.0926. The first kappa shape index (κ1) is 21.0. The monoisotopic (exact) mass is 452 g/mol. The van der Waals surface area contributed by atoms with Gasteiger partial charge >= 0.3 is 0 Å². The molecule has 0 spiro atoms. The van der Waals surface area contributed by atoms with Crippen LogP contribution in [0.4, 0.5) is 5.82 Å². The van der Waals surface area contributed by atoms with Gasteiger partial charge in [0.15, 0.2) is 11.6 Å². The Morgan fingerprint density at radius 1 is 1.42 bits per heavy atom. The third-order valence-corrected chi connectivity index (χ3v) is 6.88. The van der Waals surface area contributed by atoms with Gasteiger partial charge in [-0.05, 0) is 25.8 Å². The van der Waals surface area contributed by atoms with Gasteiger partial charge in [-0.15, -0.1) is 11.3 Å². The summed E-state index contributed by atoms with van der Waals surface area (Å²) in [6.07, 6.45) is 1.18. The smallest absolute Gasteiger partial charge is 0.287 e. The number of nitrogens with one attached hydrogen (secondary N) is 2. The van der Waals surface area contributed by atoms with Crippen molar-refractivity contribution in [2.24, 2.45) is 0 Å². The number of aromatic nitrogens is 3. The number of para-hydroxylation sites is 1. The number of thioether (sulfide) groups is 1. The van der Waals surface area contributed by atoms with E-state index in [0.29, 0.717) is 47.7 Å². The van der Waals surface area contributed by atoms with E-state index in [-0.39, 0.29) is 11.7 Å². The zero-order valence-corrected chi connectivity index (χ0v) is 18.4. The van der Waals surface area contributed by atoms with Gasteiger partial charge in [-0.2, -0.15) is 10.4 Å². The van der Waals surface area contributed by atoms with Crippen molar-refractivity contribution in [3.63, 3.8) is 0 Å². The average molecular weight is 453 g/mol. The Bertz CT molecular complexity index is 1270. The van der Waals surface area contributed by atoms with Gasteiger partial charge in [0.2, 0.25) is 0 Å². The first-order valence-corrected chi connectivity index (χ1v) is 11.5. The second-order valence-corrected chi connectivity index (χ2v) is 8.96. The molecule has 4 rings (SSSR count). The summed E-state index contributed by atoms with van der Waals surface area (Å²) in [5.74, 6) is 0.852. The first-order chi connectivity index (χ1) is 15.1. The van der Waals surface area contributed by atoms with Gasteiger partial charge in [-0.3, -0.25) is 9.89 Å². The molecule has 10 heteroatoms. The van der Waals surface area contributed by atoms with Gasteiger partial charge < -0.3 is 15.5 Å². The Morgan fingerprint density at radius 2 is 2.26 bits per heavy atom. The molecule has 0 aliphatic heterocycles. The summed E-state index contributed by atoms with van der Waals surface area (Å²) < 4.78 is 6.85. The molecule has 4 aromatic rings. The number of amides is 1. The molecule has 1 aromatic carbocycles. The molecule has 3 heterocycles. The van der Waals surface area contributed by atoms with Crippen molar-refractivity contribution in [1.29, 1.82) is 5.26 Å². The summed E-state index contributed by atoms with van der Waals surface area (Å²) in [6.45, 7) is 2.39. The van der Waals surface area contributed by atoms with Crippen LogP contribution in [0.25, 0.3) is 11.0 Å². The minimum absolute atomic E-state index is 0.196. The van der Waals surface area contributed by atoms with Crippen molar-refractivity contribution in [3.8, 4) is 6.07 Å². The average Bonchev–Trinajstić information content (AvgIpc) is 3.46. The van der Waals surface area contributed by atoms with E-state index < -0.39 is 0 Å². The molecule has 4 N–H and O–H groups in total. The van der Waals surface area contributed by atoms with Gasteiger partial charge in [-0.25, -0.2) is 4.98 Å². The maximum atomic E-state index is 12.9. The fraction of sp³-hybridized carbons (Fsp3) is 0.238. The van der Waals surface area contributed by atoms with Crippen molar-refractivity contribution in [1.82, 2.24) is 20.5 Å². The van der Waals surface area contributed by atoms with E-state index in [1.807, 2.05) is 42.6 Å². The number of nitrogens with two attached hydrogens (primary N) is 1. The Balaban J connectivity index is 1.43. The summed E-state index contributed by atoms with van der Waals surface area (Å²) in [6, 6.07) is 9.69. The third kappa shape index (κ3) is 4.57. The number of aryl methyl sites for hydroxylation is 2. The molecule has 0 unspecified atom stereocenters. The number of furan rings is 1. The molecule has 3 aromatic heterocycles. The molecule has 31 heavy (non-hydrogen) atoms. The van der Waals surface area contributed by atoms with Crippen LogP contribution >= 0.6 is 23.1 Å². The highest BCUT2D eigenvalue weighted by Crippen LogP contribution is 2.33. The maximum Gasteiger partial charge on any atom is 0.287 e. The first-order valence-electron chi connectivity index (χ1n) is 9.63. The number of hydrogen-bond acceptors (Lipinski definition) is 8. The normalized spacial score (nSPS) is 11.0. The van der Waals surface area contributed by atoms with Crippen molar-refractivity contribution in [2.75, 3.05) is 12.3 Å². The second kappa shape index (κ2) is 9.24. The van der Waals surface area contributed by atoms with Crippen molar-refractivity contribution in [3.05, 3.63) is 57.9 Å². The number of nitrogens with zero attached hydrogens (tertiary/aromatic N) is 3. The van der Waals surface area contributed by atoms with Crippen LogP contribution in [-0.4, -0.2) is 27.6 Å². The van der Waals surface area contributed by atoms with Crippen LogP contribution in [-0.2, 0) is 12.2 Å². The van der Waals surface area contributed by atoms with E-state index in [9.17, 15) is 4.79 Å². The number of thiazole rings is 1. The van der Waals surface area contributed by atoms with Gasteiger partial charge in [-0.1, -0.05) is 30.0 Å². The highest BCUT2D eigenvalue weighted by atomic mass is 32.2. The highest BCUT2D eigenvalue weighted by molar-refractivity contribution is 8.00. The molecule has 0 fully saturated rings. The number of benzene rings is 1.